The lowest BCUT2D eigenvalue weighted by Crippen LogP contribution is -2.53. The molecule has 0 radical (unpaired) electrons. The number of hydrogen-bond acceptors (Lipinski definition) is 11. The zero-order valence-electron chi connectivity index (χ0n) is 26.9. The number of likely N-dealkylation sites (N-methyl/N-ethyl adjacent to an activating group) is 2. The minimum atomic E-state index is -1.88. The molecule has 2 aromatic rings. The van der Waals surface area contributed by atoms with Crippen molar-refractivity contribution in [2.24, 2.45) is 5.92 Å². The van der Waals surface area contributed by atoms with Crippen LogP contribution in [-0.2, 0) is 35.3 Å². The van der Waals surface area contributed by atoms with Crippen LogP contribution in [0.1, 0.15) is 31.7 Å². The fourth-order valence-electron chi connectivity index (χ4n) is 5.33. The smallest absolute Gasteiger partial charge is 0.253 e. The molecule has 1 saturated heterocycles. The van der Waals surface area contributed by atoms with Crippen LogP contribution < -0.4 is 16.0 Å². The number of likely N-dealkylation sites (tertiary alicyclic amines) is 1. The average molecular weight is 674 g/mol. The maximum atomic E-state index is 13.3. The Balaban J connectivity index is 1.58. The van der Waals surface area contributed by atoms with Gasteiger partial charge in [0.2, 0.25) is 29.5 Å². The number of carbonyl (C=O) groups is 6. The second-order valence-corrected chi connectivity index (χ2v) is 11.8. The number of benzene rings is 2. The lowest BCUT2D eigenvalue weighted by molar-refractivity contribution is -0.148. The third-order valence-electron chi connectivity index (χ3n) is 8.24. The van der Waals surface area contributed by atoms with E-state index in [1.54, 1.807) is 0 Å². The molecule has 1 heterocycles. The van der Waals surface area contributed by atoms with Crippen LogP contribution in [-0.4, -0.2) is 135 Å². The third-order valence-corrected chi connectivity index (χ3v) is 8.24. The van der Waals surface area contributed by atoms with Gasteiger partial charge < -0.3 is 46.4 Å². The number of imide groups is 1. The number of rotatable bonds is 16. The summed E-state index contributed by atoms with van der Waals surface area (Å²) in [7, 11) is 2.57. The van der Waals surface area contributed by atoms with Gasteiger partial charge in [0.15, 0.2) is 0 Å². The predicted octanol–water partition coefficient (Wildman–Crippen LogP) is -2.88. The Morgan fingerprint density at radius 3 is 2.25 bits per heavy atom. The van der Waals surface area contributed by atoms with E-state index >= 15 is 0 Å². The number of nitrogens with one attached hydrogen (secondary N) is 3. The molecular formula is C32H43N5O11. The summed E-state index contributed by atoms with van der Waals surface area (Å²) in [5.41, 5.74) is 0.832. The van der Waals surface area contributed by atoms with Gasteiger partial charge in [-0.3, -0.25) is 33.7 Å². The van der Waals surface area contributed by atoms with Crippen molar-refractivity contribution < 1.29 is 54.3 Å². The van der Waals surface area contributed by atoms with E-state index in [0.717, 1.165) is 21.2 Å². The summed E-state index contributed by atoms with van der Waals surface area (Å²) in [4.78, 5) is 79.2. The molecule has 8 N–H and O–H groups in total. The van der Waals surface area contributed by atoms with Crippen LogP contribution in [0.25, 0.3) is 10.8 Å². The second-order valence-electron chi connectivity index (χ2n) is 11.8. The number of carbonyl (C=O) groups excluding carboxylic acids is 6. The van der Waals surface area contributed by atoms with Gasteiger partial charge in [-0.2, -0.15) is 0 Å². The zero-order chi connectivity index (χ0) is 35.7. The first-order chi connectivity index (χ1) is 22.7. The number of fused-ring (bicyclic) bond motifs is 1. The highest BCUT2D eigenvalue weighted by atomic mass is 16.4. The van der Waals surface area contributed by atoms with Gasteiger partial charge in [-0.25, -0.2) is 0 Å². The minimum Gasteiger partial charge on any atom is -0.394 e. The van der Waals surface area contributed by atoms with Crippen molar-refractivity contribution >= 4 is 46.2 Å². The van der Waals surface area contributed by atoms with E-state index in [0.29, 0.717) is 4.90 Å². The van der Waals surface area contributed by atoms with E-state index in [9.17, 15) is 49.2 Å². The predicted molar refractivity (Wildman–Crippen MR) is 169 cm³/mol. The van der Waals surface area contributed by atoms with Gasteiger partial charge >= 0.3 is 0 Å². The van der Waals surface area contributed by atoms with Crippen molar-refractivity contribution in [2.45, 2.75) is 69.2 Å². The van der Waals surface area contributed by atoms with Gasteiger partial charge in [0.1, 0.15) is 36.5 Å². The van der Waals surface area contributed by atoms with Crippen molar-refractivity contribution in [2.75, 3.05) is 27.2 Å². The molecular weight excluding hydrogens is 630 g/mol. The monoisotopic (exact) mass is 673 g/mol. The molecule has 16 heteroatoms. The van der Waals surface area contributed by atoms with E-state index < -0.39 is 110 Å². The fraction of sp³-hybridized carbons (Fsp3) is 0.500. The van der Waals surface area contributed by atoms with Crippen LogP contribution >= 0.6 is 0 Å². The van der Waals surface area contributed by atoms with Crippen molar-refractivity contribution in [3.05, 3.63) is 48.0 Å². The lowest BCUT2D eigenvalue weighted by atomic mass is 10.0. The van der Waals surface area contributed by atoms with E-state index in [4.69, 9.17) is 5.11 Å². The molecule has 0 aromatic heterocycles. The van der Waals surface area contributed by atoms with Crippen LogP contribution in [0, 0.1) is 5.92 Å². The normalized spacial score (nSPS) is 18.4. The molecule has 6 amide bonds. The summed E-state index contributed by atoms with van der Waals surface area (Å²) < 4.78 is 0. The number of nitrogens with zero attached hydrogens (tertiary/aromatic N) is 2. The molecule has 3 rings (SSSR count). The molecule has 7 unspecified atom stereocenters. The molecule has 48 heavy (non-hydrogen) atoms. The maximum Gasteiger partial charge on any atom is 0.253 e. The molecule has 0 aliphatic carbocycles. The highest BCUT2D eigenvalue weighted by molar-refractivity contribution is 6.10. The Morgan fingerprint density at radius 1 is 0.938 bits per heavy atom. The molecule has 0 saturated carbocycles. The molecule has 7 atom stereocenters. The lowest BCUT2D eigenvalue weighted by Gasteiger charge is -2.29. The van der Waals surface area contributed by atoms with E-state index in [1.807, 2.05) is 42.5 Å². The maximum absolute atomic E-state index is 13.3. The average Bonchev–Trinajstić information content (AvgIpc) is 3.35. The van der Waals surface area contributed by atoms with Crippen molar-refractivity contribution in [1.29, 1.82) is 0 Å². The summed E-state index contributed by atoms with van der Waals surface area (Å²) in [6.45, 7) is 0.180. The molecule has 2 aromatic carbocycles. The van der Waals surface area contributed by atoms with E-state index in [2.05, 4.69) is 16.0 Å². The highest BCUT2D eigenvalue weighted by Crippen LogP contribution is 2.21. The van der Waals surface area contributed by atoms with Gasteiger partial charge in [-0.1, -0.05) is 49.4 Å². The Morgan fingerprint density at radius 2 is 1.58 bits per heavy atom. The number of hydrogen-bond donors (Lipinski definition) is 8. The largest absolute Gasteiger partial charge is 0.394 e. The Kier molecular flexibility index (Phi) is 13.5. The standard InChI is InChI=1S/C32H43N5O11/c1-17(11-26(42)36(3)15-23(39)28(44)29(45)24(40)16-38)30(46)35-21-12-27(43)37(32(21)48)22(31(47)33-2)13-25(41)34-14-19-9-6-8-18-7-4-5-10-20(18)19/h4-10,17,21-24,28-29,38-40,44-45H,11-16H2,1-3H3,(H,33,47)(H,34,41)(H,35,46). The van der Waals surface area contributed by atoms with Gasteiger partial charge in [-0.05, 0) is 16.3 Å². The first-order valence-corrected chi connectivity index (χ1v) is 15.4. The Hall–Kier alpha value is -4.48. The van der Waals surface area contributed by atoms with Crippen molar-refractivity contribution in [1.82, 2.24) is 25.8 Å². The second kappa shape index (κ2) is 17.1. The van der Waals surface area contributed by atoms with Gasteiger partial charge in [0.05, 0.1) is 19.4 Å². The fourth-order valence-corrected chi connectivity index (χ4v) is 5.33. The SMILES string of the molecule is CNC(=O)C(CC(=O)NCc1cccc2ccccc12)N1C(=O)CC(NC(=O)C(C)CC(=O)N(C)CC(O)C(O)C(O)C(O)CO)C1=O. The van der Waals surface area contributed by atoms with E-state index in [-0.39, 0.29) is 6.54 Å². The van der Waals surface area contributed by atoms with Crippen molar-refractivity contribution in [3.8, 4) is 0 Å². The third kappa shape index (κ3) is 9.32. The summed E-state index contributed by atoms with van der Waals surface area (Å²) in [6, 6.07) is 10.4. The summed E-state index contributed by atoms with van der Waals surface area (Å²) in [5, 5.41) is 57.7. The first-order valence-electron chi connectivity index (χ1n) is 15.4. The highest BCUT2D eigenvalue weighted by Gasteiger charge is 2.46. The Labute approximate surface area is 276 Å². The van der Waals surface area contributed by atoms with Gasteiger partial charge in [0, 0.05) is 39.5 Å². The molecule has 0 spiro atoms. The molecule has 1 aliphatic rings. The van der Waals surface area contributed by atoms with Crippen LogP contribution in [0.4, 0.5) is 0 Å². The zero-order valence-corrected chi connectivity index (χ0v) is 26.9. The van der Waals surface area contributed by atoms with Gasteiger partial charge in [0.25, 0.3) is 5.91 Å². The Bertz CT molecular complexity index is 1500. The number of aliphatic hydroxyl groups is 5. The molecule has 1 fully saturated rings. The molecule has 0 bridgehead atoms. The van der Waals surface area contributed by atoms with E-state index in [1.165, 1.54) is 21.0 Å². The van der Waals surface area contributed by atoms with Crippen molar-refractivity contribution in [3.63, 3.8) is 0 Å². The summed E-state index contributed by atoms with van der Waals surface area (Å²) in [6.07, 6.45) is -8.56. The van der Waals surface area contributed by atoms with Crippen LogP contribution in [0.2, 0.25) is 0 Å². The van der Waals surface area contributed by atoms with Gasteiger partial charge in [-0.15, -0.1) is 0 Å². The summed E-state index contributed by atoms with van der Waals surface area (Å²) >= 11 is 0. The topological polar surface area (TPSA) is 246 Å². The number of aliphatic hydroxyl groups excluding tert-OH is 5. The molecule has 1 aliphatic heterocycles. The molecule has 16 nitrogen and oxygen atoms in total. The van der Waals surface area contributed by atoms with Crippen LogP contribution in [0.3, 0.4) is 0 Å². The summed E-state index contributed by atoms with van der Waals surface area (Å²) in [5.74, 6) is -5.42. The quantitative estimate of drug-likeness (QED) is 0.0842. The molecule has 262 valence electrons. The van der Waals surface area contributed by atoms with Crippen LogP contribution in [0.15, 0.2) is 42.5 Å². The number of amides is 6. The minimum absolute atomic E-state index is 0.140. The van der Waals surface area contributed by atoms with Crippen LogP contribution in [0.5, 0.6) is 0 Å². The first kappa shape index (κ1) is 38.0.